The quantitative estimate of drug-likeness (QED) is 0.886. The molecule has 4 nitrogen and oxygen atoms in total. The minimum atomic E-state index is 0.876. The third-order valence-corrected chi connectivity index (χ3v) is 3.88. The van der Waals surface area contributed by atoms with Crippen LogP contribution in [0, 0.1) is 20.8 Å². The van der Waals surface area contributed by atoms with Gasteiger partial charge in [-0.15, -0.1) is 0 Å². The molecule has 21 heavy (non-hydrogen) atoms. The van der Waals surface area contributed by atoms with Crippen molar-refractivity contribution in [3.8, 4) is 5.82 Å². The number of pyridine rings is 1. The van der Waals surface area contributed by atoms with Crippen molar-refractivity contribution in [1.29, 1.82) is 0 Å². The number of aryl methyl sites for hydroxylation is 2. The Hall–Kier alpha value is -1.68. The van der Waals surface area contributed by atoms with Gasteiger partial charge in [-0.25, -0.2) is 9.67 Å². The Labute approximate surface area is 127 Å². The lowest BCUT2D eigenvalue weighted by atomic mass is 10.1. The molecule has 0 radical (unpaired) electrons. The van der Waals surface area contributed by atoms with E-state index >= 15 is 0 Å². The molecular formula is C17H26N4. The molecule has 0 spiro atoms. The second kappa shape index (κ2) is 6.85. The Morgan fingerprint density at radius 3 is 2.48 bits per heavy atom. The smallest absolute Gasteiger partial charge is 0.154 e. The number of nitrogens with one attached hydrogen (secondary N) is 1. The Kier molecular flexibility index (Phi) is 5.12. The van der Waals surface area contributed by atoms with Gasteiger partial charge in [-0.1, -0.05) is 20.3 Å². The Morgan fingerprint density at radius 1 is 1.14 bits per heavy atom. The molecule has 2 aromatic rings. The Bertz CT molecular complexity index is 613. The lowest BCUT2D eigenvalue weighted by Crippen LogP contribution is -2.13. The first-order chi connectivity index (χ1) is 10.1. The van der Waals surface area contributed by atoms with E-state index in [4.69, 9.17) is 4.98 Å². The van der Waals surface area contributed by atoms with Crippen molar-refractivity contribution < 1.29 is 0 Å². The highest BCUT2D eigenvalue weighted by Crippen LogP contribution is 2.18. The zero-order chi connectivity index (χ0) is 15.4. The Morgan fingerprint density at radius 2 is 1.90 bits per heavy atom. The average molecular weight is 286 g/mol. The van der Waals surface area contributed by atoms with Gasteiger partial charge < -0.3 is 5.32 Å². The van der Waals surface area contributed by atoms with Gasteiger partial charge >= 0.3 is 0 Å². The fraction of sp³-hybridized carbons (Fsp3) is 0.529. The number of hydrogen-bond donors (Lipinski definition) is 1. The van der Waals surface area contributed by atoms with Crippen LogP contribution in [0.3, 0.4) is 0 Å². The standard InChI is InChI=1S/C17H26N4/c1-6-8-16-9-15(11-18-7-2)10-17(19-16)21-14(5)12(3)13(4)20-21/h9-10,18H,6-8,11H2,1-5H3. The fourth-order valence-corrected chi connectivity index (χ4v) is 2.44. The normalized spacial score (nSPS) is 11.1. The third-order valence-electron chi connectivity index (χ3n) is 3.88. The van der Waals surface area contributed by atoms with E-state index in [1.54, 1.807) is 0 Å². The largest absolute Gasteiger partial charge is 0.313 e. The van der Waals surface area contributed by atoms with Gasteiger partial charge in [0, 0.05) is 17.9 Å². The van der Waals surface area contributed by atoms with Crippen LogP contribution >= 0.6 is 0 Å². The van der Waals surface area contributed by atoms with Crippen LogP contribution in [0.5, 0.6) is 0 Å². The number of aromatic nitrogens is 3. The summed E-state index contributed by atoms with van der Waals surface area (Å²) in [6.45, 7) is 12.4. The highest BCUT2D eigenvalue weighted by atomic mass is 15.3. The van der Waals surface area contributed by atoms with Crippen molar-refractivity contribution in [1.82, 2.24) is 20.1 Å². The second-order valence-electron chi connectivity index (χ2n) is 5.56. The van der Waals surface area contributed by atoms with E-state index in [1.807, 2.05) is 11.6 Å². The summed E-state index contributed by atoms with van der Waals surface area (Å²) in [5, 5.41) is 8.02. The van der Waals surface area contributed by atoms with Gasteiger partial charge in [0.25, 0.3) is 0 Å². The zero-order valence-corrected chi connectivity index (χ0v) is 13.8. The summed E-state index contributed by atoms with van der Waals surface area (Å²) in [6, 6.07) is 4.34. The van der Waals surface area contributed by atoms with Crippen molar-refractivity contribution in [3.05, 3.63) is 40.3 Å². The molecule has 2 aromatic heterocycles. The minimum absolute atomic E-state index is 0.876. The lowest BCUT2D eigenvalue weighted by molar-refractivity contribution is 0.716. The minimum Gasteiger partial charge on any atom is -0.313 e. The highest BCUT2D eigenvalue weighted by molar-refractivity contribution is 5.35. The molecule has 0 aliphatic rings. The molecule has 0 saturated carbocycles. The topological polar surface area (TPSA) is 42.7 Å². The molecule has 0 aliphatic heterocycles. The number of nitrogens with zero attached hydrogens (tertiary/aromatic N) is 3. The summed E-state index contributed by atoms with van der Waals surface area (Å²) in [5.41, 5.74) is 5.90. The molecule has 0 unspecified atom stereocenters. The molecule has 0 saturated heterocycles. The maximum absolute atomic E-state index is 4.79. The predicted octanol–water partition coefficient (Wildman–Crippen LogP) is 3.25. The molecule has 0 fully saturated rings. The first-order valence-electron chi connectivity index (χ1n) is 7.80. The first-order valence-corrected chi connectivity index (χ1v) is 7.80. The van der Waals surface area contributed by atoms with Crippen LogP contribution < -0.4 is 5.32 Å². The van der Waals surface area contributed by atoms with E-state index in [0.717, 1.165) is 43.1 Å². The fourth-order valence-electron chi connectivity index (χ4n) is 2.44. The van der Waals surface area contributed by atoms with Gasteiger partial charge in [0.1, 0.15) is 0 Å². The van der Waals surface area contributed by atoms with Crippen molar-refractivity contribution in [3.63, 3.8) is 0 Å². The summed E-state index contributed by atoms with van der Waals surface area (Å²) in [5.74, 6) is 0.933. The summed E-state index contributed by atoms with van der Waals surface area (Å²) < 4.78 is 1.97. The van der Waals surface area contributed by atoms with E-state index in [2.05, 4.69) is 50.2 Å². The molecule has 4 heteroatoms. The summed E-state index contributed by atoms with van der Waals surface area (Å²) in [7, 11) is 0. The third kappa shape index (κ3) is 3.50. The average Bonchev–Trinajstić information content (AvgIpc) is 2.73. The van der Waals surface area contributed by atoms with E-state index in [0.29, 0.717) is 0 Å². The van der Waals surface area contributed by atoms with E-state index < -0.39 is 0 Å². The SMILES string of the molecule is CCCc1cc(CNCC)cc(-n2nc(C)c(C)c2C)n1. The van der Waals surface area contributed by atoms with Crippen LogP contribution in [0.2, 0.25) is 0 Å². The van der Waals surface area contributed by atoms with Crippen LogP contribution in [0.25, 0.3) is 5.82 Å². The molecule has 2 rings (SSSR count). The van der Waals surface area contributed by atoms with Crippen molar-refractivity contribution >= 4 is 0 Å². The first kappa shape index (κ1) is 15.7. The van der Waals surface area contributed by atoms with Crippen LogP contribution in [-0.4, -0.2) is 21.3 Å². The van der Waals surface area contributed by atoms with Crippen LogP contribution in [-0.2, 0) is 13.0 Å². The highest BCUT2D eigenvalue weighted by Gasteiger charge is 2.11. The van der Waals surface area contributed by atoms with Crippen LogP contribution in [0.1, 0.15) is 48.5 Å². The van der Waals surface area contributed by atoms with Gasteiger partial charge in [0.05, 0.1) is 5.69 Å². The van der Waals surface area contributed by atoms with E-state index in [1.165, 1.54) is 16.8 Å². The molecule has 0 aliphatic carbocycles. The summed E-state index contributed by atoms with van der Waals surface area (Å²) >= 11 is 0. The van der Waals surface area contributed by atoms with Crippen LogP contribution in [0.4, 0.5) is 0 Å². The second-order valence-corrected chi connectivity index (χ2v) is 5.56. The lowest BCUT2D eigenvalue weighted by Gasteiger charge is -2.10. The molecule has 114 valence electrons. The number of hydrogen-bond acceptors (Lipinski definition) is 3. The van der Waals surface area contributed by atoms with Crippen LogP contribution in [0.15, 0.2) is 12.1 Å². The van der Waals surface area contributed by atoms with Crippen molar-refractivity contribution in [2.24, 2.45) is 0 Å². The molecular weight excluding hydrogens is 260 g/mol. The van der Waals surface area contributed by atoms with Gasteiger partial charge in [0.2, 0.25) is 0 Å². The molecule has 2 heterocycles. The van der Waals surface area contributed by atoms with Gasteiger partial charge in [0.15, 0.2) is 5.82 Å². The maximum Gasteiger partial charge on any atom is 0.154 e. The van der Waals surface area contributed by atoms with E-state index in [9.17, 15) is 0 Å². The predicted molar refractivity (Wildman–Crippen MR) is 86.9 cm³/mol. The summed E-state index contributed by atoms with van der Waals surface area (Å²) in [6.07, 6.45) is 2.11. The summed E-state index contributed by atoms with van der Waals surface area (Å²) in [4.78, 5) is 4.79. The van der Waals surface area contributed by atoms with E-state index in [-0.39, 0.29) is 0 Å². The monoisotopic (exact) mass is 286 g/mol. The van der Waals surface area contributed by atoms with Gasteiger partial charge in [-0.2, -0.15) is 5.10 Å². The zero-order valence-electron chi connectivity index (χ0n) is 13.8. The molecule has 0 bridgehead atoms. The Balaban J connectivity index is 2.45. The van der Waals surface area contributed by atoms with Crippen molar-refractivity contribution in [2.75, 3.05) is 6.54 Å². The molecule has 0 atom stereocenters. The molecule has 1 N–H and O–H groups in total. The molecule has 0 amide bonds. The number of rotatable bonds is 6. The van der Waals surface area contributed by atoms with Crippen molar-refractivity contribution in [2.45, 2.75) is 54.0 Å². The maximum atomic E-state index is 4.79. The molecule has 0 aromatic carbocycles. The van der Waals surface area contributed by atoms with Gasteiger partial charge in [-0.3, -0.25) is 0 Å². The van der Waals surface area contributed by atoms with Gasteiger partial charge in [-0.05, 0) is 57.0 Å².